The SMILES string of the molecule is NC(=O)COc1ccccc1[C@@H]1NCCc2[nH]cnc21. The molecule has 2 heterocycles. The number of nitrogens with one attached hydrogen (secondary N) is 2. The number of imidazole rings is 1. The maximum atomic E-state index is 10.9. The Morgan fingerprint density at radius 1 is 1.45 bits per heavy atom. The summed E-state index contributed by atoms with van der Waals surface area (Å²) in [7, 11) is 0. The number of aromatic nitrogens is 2. The topological polar surface area (TPSA) is 93.0 Å². The van der Waals surface area contributed by atoms with E-state index in [2.05, 4.69) is 15.3 Å². The summed E-state index contributed by atoms with van der Waals surface area (Å²) in [6.45, 7) is 0.737. The highest BCUT2D eigenvalue weighted by Crippen LogP contribution is 2.32. The zero-order valence-corrected chi connectivity index (χ0v) is 10.9. The molecular weight excluding hydrogens is 256 g/mol. The smallest absolute Gasteiger partial charge is 0.255 e. The van der Waals surface area contributed by atoms with Gasteiger partial charge in [-0.3, -0.25) is 4.79 Å². The molecule has 0 saturated heterocycles. The van der Waals surface area contributed by atoms with Crippen LogP contribution in [-0.2, 0) is 11.2 Å². The molecule has 0 fully saturated rings. The van der Waals surface area contributed by atoms with E-state index in [1.165, 1.54) is 0 Å². The number of nitrogens with two attached hydrogens (primary N) is 1. The second-order valence-corrected chi connectivity index (χ2v) is 4.70. The number of carbonyl (C=O) groups excluding carboxylic acids is 1. The monoisotopic (exact) mass is 272 g/mol. The van der Waals surface area contributed by atoms with Crippen molar-refractivity contribution in [1.29, 1.82) is 0 Å². The molecule has 0 radical (unpaired) electrons. The molecular formula is C14H16N4O2. The summed E-state index contributed by atoms with van der Waals surface area (Å²) >= 11 is 0. The number of carbonyl (C=O) groups is 1. The van der Waals surface area contributed by atoms with Gasteiger partial charge in [0, 0.05) is 24.2 Å². The second kappa shape index (κ2) is 5.34. The molecule has 0 bridgehead atoms. The number of nitrogens with zero attached hydrogens (tertiary/aromatic N) is 1. The molecule has 1 aromatic heterocycles. The first-order valence-electron chi connectivity index (χ1n) is 6.51. The van der Waals surface area contributed by atoms with Crippen molar-refractivity contribution in [2.75, 3.05) is 13.2 Å². The molecule has 4 N–H and O–H groups in total. The van der Waals surface area contributed by atoms with Gasteiger partial charge in [0.15, 0.2) is 6.61 Å². The van der Waals surface area contributed by atoms with Crippen LogP contribution in [0.3, 0.4) is 0 Å². The second-order valence-electron chi connectivity index (χ2n) is 4.70. The van der Waals surface area contributed by atoms with Crippen molar-refractivity contribution in [3.8, 4) is 5.75 Å². The number of primary amides is 1. The molecule has 1 aliphatic rings. The van der Waals surface area contributed by atoms with E-state index in [1.807, 2.05) is 24.3 Å². The standard InChI is InChI=1S/C14H16N4O2/c15-12(19)7-20-11-4-2-1-3-9(11)13-14-10(5-6-16-13)17-8-18-14/h1-4,8,13,16H,5-7H2,(H2,15,19)(H,17,18)/t13-/m0/s1. The fourth-order valence-electron chi connectivity index (χ4n) is 2.48. The van der Waals surface area contributed by atoms with E-state index in [0.717, 1.165) is 29.9 Å². The van der Waals surface area contributed by atoms with E-state index in [9.17, 15) is 4.79 Å². The predicted octanol–water partition coefficient (Wildman–Crippen LogP) is 0.509. The van der Waals surface area contributed by atoms with Crippen LogP contribution in [0.15, 0.2) is 30.6 Å². The minimum atomic E-state index is -0.489. The van der Waals surface area contributed by atoms with Gasteiger partial charge in [0.25, 0.3) is 5.91 Å². The molecule has 1 aromatic carbocycles. The molecule has 3 rings (SSSR count). The summed E-state index contributed by atoms with van der Waals surface area (Å²) in [5.41, 5.74) is 8.21. The molecule has 104 valence electrons. The van der Waals surface area contributed by atoms with Crippen LogP contribution in [0.5, 0.6) is 5.75 Å². The average molecular weight is 272 g/mol. The summed E-state index contributed by atoms with van der Waals surface area (Å²) in [4.78, 5) is 18.4. The molecule has 20 heavy (non-hydrogen) atoms. The van der Waals surface area contributed by atoms with Gasteiger partial charge in [0.1, 0.15) is 5.75 Å². The minimum absolute atomic E-state index is 0.0333. The van der Waals surface area contributed by atoms with Gasteiger partial charge in [-0.05, 0) is 6.07 Å². The fraction of sp³-hybridized carbons (Fsp3) is 0.286. The van der Waals surface area contributed by atoms with Crippen molar-refractivity contribution in [3.05, 3.63) is 47.5 Å². The number of H-pyrrole nitrogens is 1. The van der Waals surface area contributed by atoms with Gasteiger partial charge in [0.2, 0.25) is 0 Å². The van der Waals surface area contributed by atoms with Gasteiger partial charge in [-0.2, -0.15) is 0 Å². The van der Waals surface area contributed by atoms with E-state index in [4.69, 9.17) is 10.5 Å². The van der Waals surface area contributed by atoms with E-state index >= 15 is 0 Å². The lowest BCUT2D eigenvalue weighted by Crippen LogP contribution is -2.31. The Labute approximate surface area is 116 Å². The number of amides is 1. The first-order valence-corrected chi connectivity index (χ1v) is 6.51. The first kappa shape index (κ1) is 12.7. The largest absolute Gasteiger partial charge is 0.483 e. The van der Waals surface area contributed by atoms with Gasteiger partial charge < -0.3 is 20.8 Å². The normalized spacial score (nSPS) is 17.5. The Kier molecular flexibility index (Phi) is 3.39. The molecule has 6 heteroatoms. The molecule has 0 aliphatic carbocycles. The zero-order valence-electron chi connectivity index (χ0n) is 10.9. The Morgan fingerprint density at radius 2 is 2.30 bits per heavy atom. The van der Waals surface area contributed by atoms with Gasteiger partial charge in [-0.15, -0.1) is 0 Å². The van der Waals surface area contributed by atoms with Crippen molar-refractivity contribution in [1.82, 2.24) is 15.3 Å². The maximum Gasteiger partial charge on any atom is 0.255 e. The number of aromatic amines is 1. The lowest BCUT2D eigenvalue weighted by atomic mass is 9.97. The molecule has 6 nitrogen and oxygen atoms in total. The van der Waals surface area contributed by atoms with Crippen LogP contribution in [0.2, 0.25) is 0 Å². The lowest BCUT2D eigenvalue weighted by molar-refractivity contribution is -0.119. The summed E-state index contributed by atoms with van der Waals surface area (Å²) in [5, 5.41) is 3.43. The summed E-state index contributed by atoms with van der Waals surface area (Å²) in [6.07, 6.45) is 2.63. The van der Waals surface area contributed by atoms with Crippen molar-refractivity contribution < 1.29 is 9.53 Å². The predicted molar refractivity (Wildman–Crippen MR) is 73.3 cm³/mol. The number of benzene rings is 1. The van der Waals surface area contributed by atoms with Gasteiger partial charge in [-0.25, -0.2) is 4.98 Å². The van der Waals surface area contributed by atoms with Crippen LogP contribution < -0.4 is 15.8 Å². The lowest BCUT2D eigenvalue weighted by Gasteiger charge is -2.25. The molecule has 1 aliphatic heterocycles. The molecule has 1 amide bonds. The molecule has 0 saturated carbocycles. The summed E-state index contributed by atoms with van der Waals surface area (Å²) in [6, 6.07) is 7.58. The Morgan fingerprint density at radius 3 is 3.15 bits per heavy atom. The highest BCUT2D eigenvalue weighted by Gasteiger charge is 2.26. The zero-order chi connectivity index (χ0) is 13.9. The number of ether oxygens (including phenoxy) is 1. The quantitative estimate of drug-likeness (QED) is 0.756. The van der Waals surface area contributed by atoms with Crippen molar-refractivity contribution in [2.24, 2.45) is 5.73 Å². The number of para-hydroxylation sites is 1. The van der Waals surface area contributed by atoms with Crippen LogP contribution in [0.25, 0.3) is 0 Å². The molecule has 0 unspecified atom stereocenters. The number of fused-ring (bicyclic) bond motifs is 1. The first-order chi connectivity index (χ1) is 9.75. The maximum absolute atomic E-state index is 10.9. The molecule has 0 spiro atoms. The van der Waals surface area contributed by atoms with Crippen LogP contribution >= 0.6 is 0 Å². The average Bonchev–Trinajstić information content (AvgIpc) is 2.93. The molecule has 1 atom stereocenters. The van der Waals surface area contributed by atoms with Crippen LogP contribution in [-0.4, -0.2) is 29.0 Å². The fourth-order valence-corrected chi connectivity index (χ4v) is 2.48. The van der Waals surface area contributed by atoms with Gasteiger partial charge in [0.05, 0.1) is 18.1 Å². The van der Waals surface area contributed by atoms with E-state index < -0.39 is 5.91 Å². The Hall–Kier alpha value is -2.34. The third-order valence-electron chi connectivity index (χ3n) is 3.35. The third-order valence-corrected chi connectivity index (χ3v) is 3.35. The minimum Gasteiger partial charge on any atom is -0.483 e. The van der Waals surface area contributed by atoms with Crippen molar-refractivity contribution in [2.45, 2.75) is 12.5 Å². The van der Waals surface area contributed by atoms with Crippen LogP contribution in [0.4, 0.5) is 0 Å². The Balaban J connectivity index is 1.93. The highest BCUT2D eigenvalue weighted by molar-refractivity contribution is 5.75. The summed E-state index contributed by atoms with van der Waals surface area (Å²) < 4.78 is 5.49. The van der Waals surface area contributed by atoms with Crippen LogP contribution in [0.1, 0.15) is 23.0 Å². The molecule has 2 aromatic rings. The van der Waals surface area contributed by atoms with Crippen molar-refractivity contribution >= 4 is 5.91 Å². The Bertz CT molecular complexity index is 623. The highest BCUT2D eigenvalue weighted by atomic mass is 16.5. The number of hydrogen-bond acceptors (Lipinski definition) is 4. The number of hydrogen-bond donors (Lipinski definition) is 3. The summed E-state index contributed by atoms with van der Waals surface area (Å²) in [5.74, 6) is 0.163. The van der Waals surface area contributed by atoms with E-state index in [-0.39, 0.29) is 12.6 Å². The third kappa shape index (κ3) is 2.37. The van der Waals surface area contributed by atoms with E-state index in [1.54, 1.807) is 6.33 Å². The van der Waals surface area contributed by atoms with Crippen molar-refractivity contribution in [3.63, 3.8) is 0 Å². The van der Waals surface area contributed by atoms with Gasteiger partial charge >= 0.3 is 0 Å². The van der Waals surface area contributed by atoms with Crippen LogP contribution in [0, 0.1) is 0 Å². The number of rotatable bonds is 4. The van der Waals surface area contributed by atoms with E-state index in [0.29, 0.717) is 5.75 Å². The van der Waals surface area contributed by atoms with Gasteiger partial charge in [-0.1, -0.05) is 18.2 Å².